The molecule has 1 unspecified atom stereocenters. The zero-order valence-corrected chi connectivity index (χ0v) is 15.3. The molecule has 0 rings (SSSR count). The molecule has 0 heterocycles. The third-order valence-corrected chi connectivity index (χ3v) is 4.01. The molecule has 0 radical (unpaired) electrons. The summed E-state index contributed by atoms with van der Waals surface area (Å²) in [5, 5.41) is 0. The van der Waals surface area contributed by atoms with Crippen LogP contribution in [0.2, 0.25) is 0 Å². The molecule has 4 nitrogen and oxygen atoms in total. The summed E-state index contributed by atoms with van der Waals surface area (Å²) in [5.41, 5.74) is -0.230. The minimum absolute atomic E-state index is 0.192. The maximum absolute atomic E-state index is 12.3. The van der Waals surface area contributed by atoms with Crippen molar-refractivity contribution in [3.8, 4) is 0 Å². The second-order valence-electron chi connectivity index (χ2n) is 7.13. The SMILES string of the molecule is CCC(C)(C)CC(C(=O)OCC(=O)OC(C(F)(F)F)C(F)(F)F)C(C)C. The third kappa shape index (κ3) is 8.27. The highest BCUT2D eigenvalue weighted by Gasteiger charge is 2.59. The molecule has 0 aromatic rings. The lowest BCUT2D eigenvalue weighted by atomic mass is 9.77. The van der Waals surface area contributed by atoms with Gasteiger partial charge in [-0.2, -0.15) is 26.3 Å². The molecular weight excluding hydrogens is 370 g/mol. The fourth-order valence-corrected chi connectivity index (χ4v) is 2.05. The molecule has 0 aliphatic rings. The second-order valence-corrected chi connectivity index (χ2v) is 7.13. The number of carbonyl (C=O) groups is 2. The van der Waals surface area contributed by atoms with E-state index in [1.165, 1.54) is 0 Å². The lowest BCUT2D eigenvalue weighted by Crippen LogP contribution is -2.46. The number of alkyl halides is 6. The summed E-state index contributed by atoms with van der Waals surface area (Å²) < 4.78 is 82.0. The van der Waals surface area contributed by atoms with Gasteiger partial charge in [0.2, 0.25) is 0 Å². The Morgan fingerprint density at radius 1 is 0.962 bits per heavy atom. The number of halogens is 6. The van der Waals surface area contributed by atoms with Crippen molar-refractivity contribution in [2.24, 2.45) is 17.3 Å². The minimum atomic E-state index is -5.82. The number of ether oxygens (including phenoxy) is 2. The molecule has 0 saturated heterocycles. The molecule has 0 aromatic heterocycles. The Kier molecular flexibility index (Phi) is 8.43. The molecule has 0 amide bonds. The first-order valence-corrected chi connectivity index (χ1v) is 8.00. The molecule has 0 saturated carbocycles. The van der Waals surface area contributed by atoms with Crippen molar-refractivity contribution in [3.05, 3.63) is 0 Å². The fraction of sp³-hybridized carbons (Fsp3) is 0.875. The molecular formula is C16H24F6O4. The maximum Gasteiger partial charge on any atom is 0.434 e. The van der Waals surface area contributed by atoms with Gasteiger partial charge in [-0.3, -0.25) is 4.79 Å². The van der Waals surface area contributed by atoms with Crippen molar-refractivity contribution in [3.63, 3.8) is 0 Å². The van der Waals surface area contributed by atoms with Crippen LogP contribution in [-0.2, 0) is 19.1 Å². The molecule has 0 aliphatic carbocycles. The standard InChI is InChI=1S/C16H24F6O4/c1-6-14(4,5)7-10(9(2)3)12(24)25-8-11(23)26-13(15(17,18)19)16(20,21)22/h9-10,13H,6-8H2,1-5H3. The van der Waals surface area contributed by atoms with Crippen molar-refractivity contribution in [2.75, 3.05) is 6.61 Å². The van der Waals surface area contributed by atoms with Crippen molar-refractivity contribution >= 4 is 11.9 Å². The van der Waals surface area contributed by atoms with Gasteiger partial charge in [0.25, 0.3) is 6.10 Å². The summed E-state index contributed by atoms with van der Waals surface area (Å²) in [5.74, 6) is -3.63. The molecule has 0 fully saturated rings. The predicted octanol–water partition coefficient (Wildman–Crippen LogP) is 4.66. The van der Waals surface area contributed by atoms with E-state index in [0.717, 1.165) is 6.42 Å². The van der Waals surface area contributed by atoms with Crippen molar-refractivity contribution < 1.29 is 45.4 Å². The molecule has 0 N–H and O–H groups in total. The molecule has 154 valence electrons. The van der Waals surface area contributed by atoms with Gasteiger partial charge in [0.15, 0.2) is 6.61 Å². The summed E-state index contributed by atoms with van der Waals surface area (Å²) in [6.45, 7) is 7.84. The molecule has 10 heteroatoms. The molecule has 0 bridgehead atoms. The summed E-state index contributed by atoms with van der Waals surface area (Å²) in [6.07, 6.45) is -14.8. The second kappa shape index (κ2) is 8.94. The van der Waals surface area contributed by atoms with Gasteiger partial charge < -0.3 is 9.47 Å². The van der Waals surface area contributed by atoms with E-state index in [1.54, 1.807) is 13.8 Å². The number of carbonyl (C=O) groups excluding carboxylic acids is 2. The number of rotatable bonds is 8. The lowest BCUT2D eigenvalue weighted by molar-refractivity contribution is -0.313. The Morgan fingerprint density at radius 2 is 1.42 bits per heavy atom. The van der Waals surface area contributed by atoms with Crippen LogP contribution in [0.1, 0.15) is 47.5 Å². The van der Waals surface area contributed by atoms with Crippen LogP contribution in [0.25, 0.3) is 0 Å². The van der Waals surface area contributed by atoms with Crippen molar-refractivity contribution in [1.29, 1.82) is 0 Å². The number of esters is 2. The number of hydrogen-bond acceptors (Lipinski definition) is 4. The molecule has 1 atom stereocenters. The summed E-state index contributed by atoms with van der Waals surface area (Å²) in [4.78, 5) is 23.4. The van der Waals surface area contributed by atoms with E-state index in [9.17, 15) is 35.9 Å². The van der Waals surface area contributed by atoms with E-state index in [2.05, 4.69) is 9.47 Å². The summed E-state index contributed by atoms with van der Waals surface area (Å²) in [6, 6.07) is 0. The van der Waals surface area contributed by atoms with Crippen LogP contribution >= 0.6 is 0 Å². The minimum Gasteiger partial charge on any atom is -0.453 e. The van der Waals surface area contributed by atoms with Crippen LogP contribution in [0.15, 0.2) is 0 Å². The molecule has 0 spiro atoms. The maximum atomic E-state index is 12.3. The van der Waals surface area contributed by atoms with Gasteiger partial charge in [0.1, 0.15) is 0 Å². The Labute approximate surface area is 148 Å². The van der Waals surface area contributed by atoms with Gasteiger partial charge in [0, 0.05) is 0 Å². The smallest absolute Gasteiger partial charge is 0.434 e. The average molecular weight is 394 g/mol. The topological polar surface area (TPSA) is 52.6 Å². The highest BCUT2D eigenvalue weighted by Crippen LogP contribution is 2.36. The Balaban J connectivity index is 4.89. The predicted molar refractivity (Wildman–Crippen MR) is 80.0 cm³/mol. The van der Waals surface area contributed by atoms with Crippen LogP contribution in [0.5, 0.6) is 0 Å². The first kappa shape index (κ1) is 24.5. The quantitative estimate of drug-likeness (QED) is 0.444. The Morgan fingerprint density at radius 3 is 1.77 bits per heavy atom. The van der Waals surface area contributed by atoms with Crippen molar-refractivity contribution in [2.45, 2.75) is 65.9 Å². The van der Waals surface area contributed by atoms with E-state index >= 15 is 0 Å². The average Bonchev–Trinajstić information content (AvgIpc) is 2.45. The first-order valence-electron chi connectivity index (χ1n) is 8.00. The van der Waals surface area contributed by atoms with Gasteiger partial charge in [-0.15, -0.1) is 0 Å². The lowest BCUT2D eigenvalue weighted by Gasteiger charge is -2.29. The molecule has 0 aromatic carbocycles. The zero-order chi connectivity index (χ0) is 20.9. The van der Waals surface area contributed by atoms with Crippen LogP contribution in [0.3, 0.4) is 0 Å². The third-order valence-electron chi connectivity index (χ3n) is 4.01. The van der Waals surface area contributed by atoms with Gasteiger partial charge in [-0.05, 0) is 17.8 Å². The van der Waals surface area contributed by atoms with Gasteiger partial charge in [0.05, 0.1) is 5.92 Å². The van der Waals surface area contributed by atoms with E-state index in [-0.39, 0.29) is 11.3 Å². The van der Waals surface area contributed by atoms with Crippen LogP contribution in [0, 0.1) is 17.3 Å². The monoisotopic (exact) mass is 394 g/mol. The molecule has 26 heavy (non-hydrogen) atoms. The van der Waals surface area contributed by atoms with E-state index in [0.29, 0.717) is 6.42 Å². The first-order chi connectivity index (χ1) is 11.5. The highest BCUT2D eigenvalue weighted by atomic mass is 19.4. The van der Waals surface area contributed by atoms with Gasteiger partial charge >= 0.3 is 24.3 Å². The van der Waals surface area contributed by atoms with Crippen LogP contribution < -0.4 is 0 Å². The Hall–Kier alpha value is -1.48. The van der Waals surface area contributed by atoms with Gasteiger partial charge in [-0.1, -0.05) is 41.0 Å². The largest absolute Gasteiger partial charge is 0.453 e. The van der Waals surface area contributed by atoms with E-state index in [1.807, 2.05) is 20.8 Å². The van der Waals surface area contributed by atoms with E-state index in [4.69, 9.17) is 0 Å². The van der Waals surface area contributed by atoms with Crippen molar-refractivity contribution in [1.82, 2.24) is 0 Å². The summed E-state index contributed by atoms with van der Waals surface area (Å²) in [7, 11) is 0. The number of hydrogen-bond donors (Lipinski definition) is 0. The van der Waals surface area contributed by atoms with Crippen LogP contribution in [-0.4, -0.2) is 37.0 Å². The Bertz CT molecular complexity index is 468. The molecule has 0 aliphatic heterocycles. The summed E-state index contributed by atoms with van der Waals surface area (Å²) >= 11 is 0. The van der Waals surface area contributed by atoms with E-state index < -0.39 is 42.9 Å². The zero-order valence-electron chi connectivity index (χ0n) is 15.3. The highest BCUT2D eigenvalue weighted by molar-refractivity contribution is 5.78. The fourth-order valence-electron chi connectivity index (χ4n) is 2.05. The normalized spacial score (nSPS) is 14.5. The van der Waals surface area contributed by atoms with Crippen LogP contribution in [0.4, 0.5) is 26.3 Å². The van der Waals surface area contributed by atoms with Gasteiger partial charge in [-0.25, -0.2) is 4.79 Å².